The lowest BCUT2D eigenvalue weighted by Crippen LogP contribution is -2.36. The third-order valence-electron chi connectivity index (χ3n) is 5.72. The number of nitrogens with one attached hydrogen (secondary N) is 1. The van der Waals surface area contributed by atoms with Gasteiger partial charge in [0.25, 0.3) is 5.91 Å². The molecule has 12 heteroatoms. The molecule has 3 N–H and O–H groups in total. The van der Waals surface area contributed by atoms with E-state index in [1.165, 1.54) is 16.8 Å². The van der Waals surface area contributed by atoms with Gasteiger partial charge in [-0.15, -0.1) is 0 Å². The highest BCUT2D eigenvalue weighted by molar-refractivity contribution is 9.10. The number of nitrogens with two attached hydrogens (primary N) is 1. The second-order valence-corrected chi connectivity index (χ2v) is 10.2. The van der Waals surface area contributed by atoms with Gasteiger partial charge in [0.15, 0.2) is 0 Å². The number of fused-ring (bicyclic) bond motifs is 1. The summed E-state index contributed by atoms with van der Waals surface area (Å²) in [6.45, 7) is 6.19. The van der Waals surface area contributed by atoms with Crippen molar-refractivity contribution in [1.82, 2.24) is 24.4 Å². The fourth-order valence-electron chi connectivity index (χ4n) is 4.12. The van der Waals surface area contributed by atoms with Crippen molar-refractivity contribution < 1.29 is 18.7 Å². The Morgan fingerprint density at radius 2 is 2.03 bits per heavy atom. The van der Waals surface area contributed by atoms with Crippen LogP contribution in [-0.4, -0.2) is 49.7 Å². The van der Waals surface area contributed by atoms with Crippen molar-refractivity contribution >= 4 is 39.0 Å². The van der Waals surface area contributed by atoms with Crippen LogP contribution < -0.4 is 17.0 Å². The first-order chi connectivity index (χ1) is 16.5. The summed E-state index contributed by atoms with van der Waals surface area (Å²) in [4.78, 5) is 43.6. The molecule has 1 aromatic carbocycles. The van der Waals surface area contributed by atoms with E-state index in [4.69, 9.17) is 10.6 Å². The minimum Gasteiger partial charge on any atom is -0.444 e. The maximum Gasteiger partial charge on any atom is 0.410 e. The molecule has 0 saturated carbocycles. The minimum atomic E-state index is -0.627. The molecular formula is C23H26BrFN6O4. The fourth-order valence-corrected chi connectivity index (χ4v) is 4.45. The highest BCUT2D eigenvalue weighted by Gasteiger charge is 2.33. The van der Waals surface area contributed by atoms with Crippen LogP contribution in [0.3, 0.4) is 0 Å². The second-order valence-electron chi connectivity index (χ2n) is 9.37. The Balaban J connectivity index is 1.70. The first kappa shape index (κ1) is 24.9. The summed E-state index contributed by atoms with van der Waals surface area (Å²) in [5.74, 6) is 4.16. The monoisotopic (exact) mass is 548 g/mol. The van der Waals surface area contributed by atoms with E-state index >= 15 is 0 Å². The Kier molecular flexibility index (Phi) is 6.69. The largest absolute Gasteiger partial charge is 0.444 e. The lowest BCUT2D eigenvalue weighted by Gasteiger charge is -2.24. The quantitative estimate of drug-likeness (QED) is 0.293. The highest BCUT2D eigenvalue weighted by atomic mass is 79.9. The average Bonchev–Trinajstić information content (AvgIpc) is 3.37. The van der Waals surface area contributed by atoms with Crippen molar-refractivity contribution in [2.24, 2.45) is 5.84 Å². The number of hydrazine groups is 1. The summed E-state index contributed by atoms with van der Waals surface area (Å²) in [7, 11) is 0. The third kappa shape index (κ3) is 5.08. The zero-order valence-corrected chi connectivity index (χ0v) is 21.1. The van der Waals surface area contributed by atoms with Crippen molar-refractivity contribution in [3.8, 4) is 0 Å². The molecule has 0 aliphatic carbocycles. The molecule has 3 aromatic rings. The Bertz CT molecular complexity index is 1350. The van der Waals surface area contributed by atoms with E-state index in [0.717, 1.165) is 0 Å². The van der Waals surface area contributed by atoms with Crippen molar-refractivity contribution in [2.75, 3.05) is 13.1 Å². The molecule has 4 rings (SSSR count). The number of likely N-dealkylation sites (tertiary alicyclic amines) is 1. The van der Waals surface area contributed by atoms with E-state index in [-0.39, 0.29) is 28.3 Å². The number of hydrogen-bond acceptors (Lipinski definition) is 6. The van der Waals surface area contributed by atoms with Gasteiger partial charge in [-0.2, -0.15) is 0 Å². The van der Waals surface area contributed by atoms with E-state index in [2.05, 4.69) is 20.9 Å². The molecule has 1 saturated heterocycles. The molecule has 186 valence electrons. The van der Waals surface area contributed by atoms with Gasteiger partial charge in [-0.3, -0.25) is 24.3 Å². The van der Waals surface area contributed by atoms with E-state index in [0.29, 0.717) is 36.2 Å². The van der Waals surface area contributed by atoms with Crippen molar-refractivity contribution in [2.45, 2.75) is 45.4 Å². The van der Waals surface area contributed by atoms with Gasteiger partial charge in [0.1, 0.15) is 11.4 Å². The molecule has 1 aliphatic rings. The summed E-state index contributed by atoms with van der Waals surface area (Å²) >= 11 is 3.21. The normalized spacial score (nSPS) is 16.1. The molecule has 35 heavy (non-hydrogen) atoms. The number of ether oxygens (including phenoxy) is 1. The van der Waals surface area contributed by atoms with Gasteiger partial charge in [0.2, 0.25) is 0 Å². The van der Waals surface area contributed by atoms with Crippen LogP contribution in [0.15, 0.2) is 39.7 Å². The number of aromatic nitrogens is 3. The Hall–Kier alpha value is -3.25. The van der Waals surface area contributed by atoms with Crippen LogP contribution in [0.25, 0.3) is 11.0 Å². The smallest absolute Gasteiger partial charge is 0.410 e. The number of benzene rings is 1. The summed E-state index contributed by atoms with van der Waals surface area (Å²) in [5.41, 5.74) is 2.78. The molecule has 2 aromatic heterocycles. The molecule has 1 atom stereocenters. The van der Waals surface area contributed by atoms with Crippen molar-refractivity contribution in [1.29, 1.82) is 0 Å². The van der Waals surface area contributed by atoms with E-state index in [1.807, 2.05) is 5.43 Å². The molecule has 3 heterocycles. The maximum absolute atomic E-state index is 14.5. The van der Waals surface area contributed by atoms with Gasteiger partial charge >= 0.3 is 11.8 Å². The molecule has 0 radical (unpaired) electrons. The predicted molar refractivity (Wildman–Crippen MR) is 130 cm³/mol. The predicted octanol–water partition coefficient (Wildman–Crippen LogP) is 2.93. The summed E-state index contributed by atoms with van der Waals surface area (Å²) < 4.78 is 23.2. The zero-order chi connectivity index (χ0) is 25.5. The first-order valence-electron chi connectivity index (χ1n) is 11.0. The molecule has 0 spiro atoms. The van der Waals surface area contributed by atoms with E-state index < -0.39 is 23.4 Å². The summed E-state index contributed by atoms with van der Waals surface area (Å²) in [6, 6.07) is 5.71. The molecular weight excluding hydrogens is 523 g/mol. The van der Waals surface area contributed by atoms with Gasteiger partial charge in [-0.1, -0.05) is 0 Å². The van der Waals surface area contributed by atoms with Gasteiger partial charge in [-0.05, 0) is 61.3 Å². The maximum atomic E-state index is 14.5. The van der Waals surface area contributed by atoms with Gasteiger partial charge in [-0.25, -0.2) is 19.8 Å². The molecule has 1 aliphatic heterocycles. The number of rotatable bonds is 4. The van der Waals surface area contributed by atoms with E-state index in [1.54, 1.807) is 48.4 Å². The number of hydrogen-bond donors (Lipinski definition) is 2. The van der Waals surface area contributed by atoms with Crippen LogP contribution in [0.2, 0.25) is 0 Å². The van der Waals surface area contributed by atoms with Crippen LogP contribution >= 0.6 is 15.9 Å². The first-order valence-corrected chi connectivity index (χ1v) is 11.8. The Morgan fingerprint density at radius 3 is 2.66 bits per heavy atom. The third-order valence-corrected chi connectivity index (χ3v) is 6.33. The van der Waals surface area contributed by atoms with Crippen LogP contribution in [0.5, 0.6) is 0 Å². The summed E-state index contributed by atoms with van der Waals surface area (Å²) in [6.07, 6.45) is 1.47. The summed E-state index contributed by atoms with van der Waals surface area (Å²) in [5, 5.41) is 0. The number of nitrogens with zero attached hydrogens (tertiary/aromatic N) is 4. The standard InChI is InChI=1S/C23H26BrFN6O4/c1-23(2,3)35-22(34)29-7-6-15(12-29)31-19-8-16(24)17(25)9-18(19)30(21(31)33)11-14-5-4-13(10-27-14)20(32)28-26/h4-5,8-10,15H,6-7,11-12,26H2,1-3H3,(H,28,32). The van der Waals surface area contributed by atoms with Crippen LogP contribution in [-0.2, 0) is 11.3 Å². The van der Waals surface area contributed by atoms with Crippen molar-refractivity contribution in [3.05, 3.63) is 62.5 Å². The number of amides is 2. The van der Waals surface area contributed by atoms with Gasteiger partial charge < -0.3 is 9.64 Å². The Labute approximate surface area is 208 Å². The number of halogens is 2. The molecule has 2 amide bonds. The topological polar surface area (TPSA) is 124 Å². The number of carbonyl (C=O) groups is 2. The molecule has 0 bridgehead atoms. The number of nitrogen functional groups attached to an aromatic ring is 1. The second kappa shape index (κ2) is 9.42. The van der Waals surface area contributed by atoms with Crippen molar-refractivity contribution in [3.63, 3.8) is 0 Å². The average molecular weight is 549 g/mol. The van der Waals surface area contributed by atoms with Crippen LogP contribution in [0, 0.1) is 5.82 Å². The molecule has 10 nitrogen and oxygen atoms in total. The number of imidazole rings is 1. The fraction of sp³-hybridized carbons (Fsp3) is 0.391. The van der Waals surface area contributed by atoms with Crippen LogP contribution in [0.1, 0.15) is 49.3 Å². The Morgan fingerprint density at radius 1 is 1.29 bits per heavy atom. The lowest BCUT2D eigenvalue weighted by atomic mass is 10.2. The zero-order valence-electron chi connectivity index (χ0n) is 19.5. The highest BCUT2D eigenvalue weighted by Crippen LogP contribution is 2.29. The van der Waals surface area contributed by atoms with Gasteiger partial charge in [0, 0.05) is 25.4 Å². The van der Waals surface area contributed by atoms with E-state index in [9.17, 15) is 18.8 Å². The molecule has 1 fully saturated rings. The van der Waals surface area contributed by atoms with Crippen LogP contribution in [0.4, 0.5) is 9.18 Å². The minimum absolute atomic E-state index is 0.0659. The number of carbonyl (C=O) groups excluding carboxylic acids is 2. The lowest BCUT2D eigenvalue weighted by molar-refractivity contribution is 0.0289. The number of pyridine rings is 1. The SMILES string of the molecule is CC(C)(C)OC(=O)N1CCC(n2c(=O)n(Cc3ccc(C(=O)NN)cn3)c3cc(F)c(Br)cc32)C1. The molecule has 1 unspecified atom stereocenters. The van der Waals surface area contributed by atoms with Gasteiger partial charge in [0.05, 0.1) is 39.4 Å².